The van der Waals surface area contributed by atoms with Crippen molar-refractivity contribution in [3.63, 3.8) is 0 Å². The summed E-state index contributed by atoms with van der Waals surface area (Å²) in [4.78, 5) is 24.3. The van der Waals surface area contributed by atoms with E-state index in [0.717, 1.165) is 31.1 Å². The van der Waals surface area contributed by atoms with Crippen molar-refractivity contribution in [1.29, 1.82) is 0 Å². The third kappa shape index (κ3) is 2.17. The van der Waals surface area contributed by atoms with Gasteiger partial charge in [0.2, 0.25) is 5.91 Å². The van der Waals surface area contributed by atoms with Gasteiger partial charge in [0.1, 0.15) is 0 Å². The zero-order chi connectivity index (χ0) is 15.4. The molecule has 0 spiro atoms. The first-order valence-corrected chi connectivity index (χ1v) is 9.07. The highest BCUT2D eigenvalue weighted by atomic mass is 16.4. The number of rotatable bonds is 4. The molecule has 4 aliphatic carbocycles. The summed E-state index contributed by atoms with van der Waals surface area (Å²) in [6.07, 6.45) is 8.26. The van der Waals surface area contributed by atoms with Gasteiger partial charge in [-0.3, -0.25) is 9.59 Å². The van der Waals surface area contributed by atoms with Crippen molar-refractivity contribution >= 4 is 11.9 Å². The van der Waals surface area contributed by atoms with Crippen LogP contribution in [0.3, 0.4) is 0 Å². The molecule has 4 heteroatoms. The number of aliphatic carboxylic acids is 1. The van der Waals surface area contributed by atoms with Crippen LogP contribution in [0, 0.1) is 41.4 Å². The van der Waals surface area contributed by atoms with E-state index in [-0.39, 0.29) is 23.8 Å². The first kappa shape index (κ1) is 14.5. The Morgan fingerprint density at radius 1 is 0.955 bits per heavy atom. The number of hydrogen-bond donors (Lipinski definition) is 2. The Morgan fingerprint density at radius 2 is 1.64 bits per heavy atom. The second-order valence-electron chi connectivity index (χ2n) is 8.36. The van der Waals surface area contributed by atoms with Gasteiger partial charge in [-0.15, -0.1) is 0 Å². The zero-order valence-electron chi connectivity index (χ0n) is 13.3. The van der Waals surface area contributed by atoms with Crippen molar-refractivity contribution in [3.8, 4) is 0 Å². The summed E-state index contributed by atoms with van der Waals surface area (Å²) >= 11 is 0. The minimum absolute atomic E-state index is 0.0230. The van der Waals surface area contributed by atoms with Gasteiger partial charge in [-0.25, -0.2) is 0 Å². The van der Waals surface area contributed by atoms with E-state index in [1.165, 1.54) is 25.7 Å². The number of amides is 1. The van der Waals surface area contributed by atoms with E-state index in [2.05, 4.69) is 12.2 Å². The van der Waals surface area contributed by atoms with Crippen LogP contribution >= 0.6 is 0 Å². The fraction of sp³-hybridized carbons (Fsp3) is 0.889. The van der Waals surface area contributed by atoms with Crippen LogP contribution in [0.1, 0.15) is 51.9 Å². The van der Waals surface area contributed by atoms with Gasteiger partial charge in [0, 0.05) is 6.04 Å². The molecular formula is C18H27NO3. The summed E-state index contributed by atoms with van der Waals surface area (Å²) in [5.74, 6) is 1.36. The van der Waals surface area contributed by atoms with Crippen LogP contribution in [0.15, 0.2) is 0 Å². The average Bonchev–Trinajstić information content (AvgIpc) is 3.24. The van der Waals surface area contributed by atoms with Gasteiger partial charge in [-0.2, -0.15) is 0 Å². The van der Waals surface area contributed by atoms with Gasteiger partial charge < -0.3 is 10.4 Å². The second-order valence-corrected chi connectivity index (χ2v) is 8.36. The molecule has 0 aliphatic heterocycles. The van der Waals surface area contributed by atoms with E-state index in [0.29, 0.717) is 11.8 Å². The Kier molecular flexibility index (Phi) is 3.46. The largest absolute Gasteiger partial charge is 0.481 e. The van der Waals surface area contributed by atoms with Crippen LogP contribution in [0.2, 0.25) is 0 Å². The molecule has 0 radical (unpaired) electrons. The molecular weight excluding hydrogens is 278 g/mol. The summed E-state index contributed by atoms with van der Waals surface area (Å²) in [7, 11) is 0. The molecule has 0 aromatic rings. The molecule has 4 bridgehead atoms. The number of fused-ring (bicyclic) bond motifs is 4. The van der Waals surface area contributed by atoms with Gasteiger partial charge in [0.15, 0.2) is 0 Å². The predicted octanol–water partition coefficient (Wildman–Crippen LogP) is 2.67. The topological polar surface area (TPSA) is 66.4 Å². The number of nitrogens with one attached hydrogen (secondary N) is 1. The lowest BCUT2D eigenvalue weighted by molar-refractivity contribution is -0.149. The Balaban J connectivity index is 1.42. The lowest BCUT2D eigenvalue weighted by atomic mass is 9.78. The highest BCUT2D eigenvalue weighted by Gasteiger charge is 2.54. The first-order chi connectivity index (χ1) is 10.5. The Hall–Kier alpha value is -1.06. The number of carbonyl (C=O) groups is 2. The summed E-state index contributed by atoms with van der Waals surface area (Å²) in [5, 5.41) is 12.7. The van der Waals surface area contributed by atoms with Crippen molar-refractivity contribution in [1.82, 2.24) is 5.32 Å². The highest BCUT2D eigenvalue weighted by molar-refractivity contribution is 5.86. The van der Waals surface area contributed by atoms with E-state index >= 15 is 0 Å². The van der Waals surface area contributed by atoms with E-state index in [9.17, 15) is 14.7 Å². The Bertz CT molecular complexity index is 491. The summed E-state index contributed by atoms with van der Waals surface area (Å²) in [6, 6.07) is 0.205. The van der Waals surface area contributed by atoms with Gasteiger partial charge in [-0.05, 0) is 75.0 Å². The summed E-state index contributed by atoms with van der Waals surface area (Å²) < 4.78 is 0. The third-order valence-corrected chi connectivity index (χ3v) is 7.31. The molecule has 4 rings (SSSR count). The maximum atomic E-state index is 12.7. The lowest BCUT2D eigenvalue weighted by Gasteiger charge is -2.32. The minimum atomic E-state index is -0.764. The SMILES string of the molecule is C[C@H](NC(=O)[C@@H]1[C@H]2CC[C@@H](C2)[C@@H]1C(=O)O)[C@@H]1C[C@H]2CC[C@H]1C2. The van der Waals surface area contributed by atoms with Crippen molar-refractivity contribution < 1.29 is 14.7 Å². The van der Waals surface area contributed by atoms with Crippen molar-refractivity contribution in [2.45, 2.75) is 57.9 Å². The molecule has 0 unspecified atom stereocenters. The maximum Gasteiger partial charge on any atom is 0.307 e. The van der Waals surface area contributed by atoms with Crippen molar-refractivity contribution in [3.05, 3.63) is 0 Å². The number of hydrogen-bond acceptors (Lipinski definition) is 2. The predicted molar refractivity (Wildman–Crippen MR) is 82.0 cm³/mol. The van der Waals surface area contributed by atoms with Crippen molar-refractivity contribution in [2.75, 3.05) is 0 Å². The maximum absolute atomic E-state index is 12.7. The van der Waals surface area contributed by atoms with Crippen LogP contribution in [-0.4, -0.2) is 23.0 Å². The van der Waals surface area contributed by atoms with Gasteiger partial charge in [-0.1, -0.05) is 6.42 Å². The summed E-state index contributed by atoms with van der Waals surface area (Å²) in [6.45, 7) is 2.13. The zero-order valence-corrected chi connectivity index (χ0v) is 13.3. The molecule has 0 saturated heterocycles. The molecule has 22 heavy (non-hydrogen) atoms. The standard InChI is InChI=1S/C18H27NO3/c1-9(14-7-10-2-3-11(14)6-10)19-17(20)15-12-4-5-13(8-12)16(15)18(21)22/h9-16H,2-8H2,1H3,(H,19,20)(H,21,22)/t9-,10-,11-,12-,13-,14-,15+,16-/m0/s1. The average molecular weight is 305 g/mol. The quantitative estimate of drug-likeness (QED) is 0.839. The molecule has 4 aliphatic rings. The van der Waals surface area contributed by atoms with Crippen LogP contribution < -0.4 is 5.32 Å². The van der Waals surface area contributed by atoms with Gasteiger partial charge in [0.05, 0.1) is 11.8 Å². The molecule has 4 saturated carbocycles. The van der Waals surface area contributed by atoms with E-state index in [1.807, 2.05) is 0 Å². The minimum Gasteiger partial charge on any atom is -0.481 e. The van der Waals surface area contributed by atoms with Crippen LogP contribution in [0.4, 0.5) is 0 Å². The lowest BCUT2D eigenvalue weighted by Crippen LogP contribution is -2.47. The molecule has 4 nitrogen and oxygen atoms in total. The molecule has 0 aromatic carbocycles. The fourth-order valence-corrected chi connectivity index (χ4v) is 6.36. The Morgan fingerprint density at radius 3 is 2.23 bits per heavy atom. The van der Waals surface area contributed by atoms with E-state index < -0.39 is 11.9 Å². The molecule has 8 atom stereocenters. The number of carboxylic acid groups (broad SMARTS) is 1. The molecule has 4 fully saturated rings. The van der Waals surface area contributed by atoms with Crippen molar-refractivity contribution in [2.24, 2.45) is 41.4 Å². The normalized spacial score (nSPS) is 46.9. The van der Waals surface area contributed by atoms with Crippen LogP contribution in [-0.2, 0) is 9.59 Å². The monoisotopic (exact) mass is 305 g/mol. The van der Waals surface area contributed by atoms with Crippen LogP contribution in [0.5, 0.6) is 0 Å². The second kappa shape index (κ2) is 5.24. The summed E-state index contributed by atoms with van der Waals surface area (Å²) in [5.41, 5.74) is 0. The van der Waals surface area contributed by atoms with Gasteiger partial charge in [0.25, 0.3) is 0 Å². The molecule has 0 heterocycles. The Labute approximate surface area is 132 Å². The molecule has 122 valence electrons. The number of carboxylic acids is 1. The first-order valence-electron chi connectivity index (χ1n) is 9.07. The molecule has 1 amide bonds. The van der Waals surface area contributed by atoms with E-state index in [4.69, 9.17) is 0 Å². The smallest absolute Gasteiger partial charge is 0.307 e. The highest BCUT2D eigenvalue weighted by Crippen LogP contribution is 2.53. The van der Waals surface area contributed by atoms with Crippen LogP contribution in [0.25, 0.3) is 0 Å². The number of carbonyl (C=O) groups excluding carboxylic acids is 1. The fourth-order valence-electron chi connectivity index (χ4n) is 6.36. The van der Waals surface area contributed by atoms with E-state index in [1.54, 1.807) is 0 Å². The van der Waals surface area contributed by atoms with Gasteiger partial charge >= 0.3 is 5.97 Å². The molecule has 0 aromatic heterocycles. The third-order valence-electron chi connectivity index (χ3n) is 7.31. The molecule has 2 N–H and O–H groups in total.